The number of nitro benzene ring substituents is 1. The molecule has 0 aliphatic carbocycles. The maximum absolute atomic E-state index is 12.8. The van der Waals surface area contributed by atoms with Crippen molar-refractivity contribution >= 4 is 11.6 Å². The number of amides is 1. The zero-order valence-electron chi connectivity index (χ0n) is 14.1. The summed E-state index contributed by atoms with van der Waals surface area (Å²) in [5.74, 6) is 0.676. The van der Waals surface area contributed by atoms with E-state index in [4.69, 9.17) is 4.74 Å². The van der Waals surface area contributed by atoms with Crippen LogP contribution in [-0.4, -0.2) is 29.4 Å². The van der Waals surface area contributed by atoms with Crippen molar-refractivity contribution in [2.75, 3.05) is 13.7 Å². The Hall–Kier alpha value is -2.89. The van der Waals surface area contributed by atoms with Gasteiger partial charge in [0.1, 0.15) is 5.75 Å². The molecule has 0 radical (unpaired) electrons. The molecule has 0 bridgehead atoms. The van der Waals surface area contributed by atoms with E-state index in [1.54, 1.807) is 25.3 Å². The lowest BCUT2D eigenvalue weighted by molar-refractivity contribution is -0.385. The number of nitrogens with zero attached hydrogens (tertiary/aromatic N) is 2. The van der Waals surface area contributed by atoms with Gasteiger partial charge in [0.2, 0.25) is 5.91 Å². The number of para-hydroxylation sites is 1. The third-order valence-electron chi connectivity index (χ3n) is 4.58. The van der Waals surface area contributed by atoms with Crippen LogP contribution >= 0.6 is 0 Å². The summed E-state index contributed by atoms with van der Waals surface area (Å²) in [5, 5.41) is 11.1. The molecule has 6 heteroatoms. The average molecular weight is 340 g/mol. The maximum Gasteiger partial charge on any atom is 0.273 e. The van der Waals surface area contributed by atoms with Gasteiger partial charge in [0, 0.05) is 18.2 Å². The predicted octanol–water partition coefficient (Wildman–Crippen LogP) is 3.51. The van der Waals surface area contributed by atoms with Crippen LogP contribution < -0.4 is 4.74 Å². The van der Waals surface area contributed by atoms with Crippen LogP contribution in [0.3, 0.4) is 0 Å². The molecule has 0 aromatic heterocycles. The molecule has 1 atom stereocenters. The Bertz CT molecular complexity index is 790. The first-order chi connectivity index (χ1) is 12.1. The second-order valence-corrected chi connectivity index (χ2v) is 6.08. The molecule has 0 N–H and O–H groups in total. The number of methoxy groups -OCH3 is 1. The van der Waals surface area contributed by atoms with E-state index >= 15 is 0 Å². The fraction of sp³-hybridized carbons (Fsp3) is 0.316. The van der Waals surface area contributed by atoms with E-state index in [2.05, 4.69) is 0 Å². The van der Waals surface area contributed by atoms with Crippen molar-refractivity contribution in [1.29, 1.82) is 0 Å². The monoisotopic (exact) mass is 340 g/mol. The van der Waals surface area contributed by atoms with Gasteiger partial charge >= 0.3 is 0 Å². The van der Waals surface area contributed by atoms with Gasteiger partial charge in [-0.2, -0.15) is 0 Å². The van der Waals surface area contributed by atoms with E-state index in [0.29, 0.717) is 12.1 Å². The molecule has 6 nitrogen and oxygen atoms in total. The van der Waals surface area contributed by atoms with Crippen molar-refractivity contribution in [3.8, 4) is 5.75 Å². The number of hydrogen-bond acceptors (Lipinski definition) is 4. The van der Waals surface area contributed by atoms with Crippen molar-refractivity contribution in [1.82, 2.24) is 4.90 Å². The van der Waals surface area contributed by atoms with E-state index in [-0.39, 0.29) is 24.1 Å². The lowest BCUT2D eigenvalue weighted by atomic mass is 10.0. The number of ether oxygens (including phenoxy) is 1. The molecule has 1 saturated heterocycles. The summed E-state index contributed by atoms with van der Waals surface area (Å²) in [6.07, 6.45) is 1.85. The molecular formula is C19H20N2O4. The summed E-state index contributed by atoms with van der Waals surface area (Å²) in [4.78, 5) is 25.3. The molecule has 1 heterocycles. The highest BCUT2D eigenvalue weighted by Gasteiger charge is 2.31. The normalized spacial score (nSPS) is 16.7. The number of carbonyl (C=O) groups excluding carboxylic acids is 1. The van der Waals surface area contributed by atoms with E-state index in [1.807, 2.05) is 29.2 Å². The second-order valence-electron chi connectivity index (χ2n) is 6.08. The van der Waals surface area contributed by atoms with E-state index in [1.165, 1.54) is 6.07 Å². The molecule has 2 aromatic rings. The quantitative estimate of drug-likeness (QED) is 0.617. The molecule has 1 fully saturated rings. The van der Waals surface area contributed by atoms with Gasteiger partial charge in [-0.1, -0.05) is 30.3 Å². The van der Waals surface area contributed by atoms with Crippen LogP contribution in [-0.2, 0) is 11.2 Å². The van der Waals surface area contributed by atoms with Crippen LogP contribution in [0.15, 0.2) is 48.5 Å². The Kier molecular flexibility index (Phi) is 4.97. The fourth-order valence-electron chi connectivity index (χ4n) is 3.36. The van der Waals surface area contributed by atoms with Crippen molar-refractivity contribution in [3.05, 3.63) is 69.8 Å². The van der Waals surface area contributed by atoms with Gasteiger partial charge in [-0.25, -0.2) is 0 Å². The number of rotatable bonds is 5. The van der Waals surface area contributed by atoms with Crippen LogP contribution in [0.1, 0.15) is 30.0 Å². The van der Waals surface area contributed by atoms with Gasteiger partial charge in [-0.3, -0.25) is 14.9 Å². The molecule has 25 heavy (non-hydrogen) atoms. The van der Waals surface area contributed by atoms with Gasteiger partial charge in [0.15, 0.2) is 0 Å². The largest absolute Gasteiger partial charge is 0.497 e. The van der Waals surface area contributed by atoms with Crippen LogP contribution in [0.5, 0.6) is 5.75 Å². The summed E-state index contributed by atoms with van der Waals surface area (Å²) in [7, 11) is 1.62. The molecule has 1 unspecified atom stereocenters. The van der Waals surface area contributed by atoms with Crippen molar-refractivity contribution in [3.63, 3.8) is 0 Å². The Labute approximate surface area is 146 Å². The first-order valence-corrected chi connectivity index (χ1v) is 8.26. The second kappa shape index (κ2) is 7.34. The van der Waals surface area contributed by atoms with E-state index < -0.39 is 4.92 Å². The molecular weight excluding hydrogens is 320 g/mol. The summed E-state index contributed by atoms with van der Waals surface area (Å²) >= 11 is 0. The predicted molar refractivity (Wildman–Crippen MR) is 93.5 cm³/mol. The Morgan fingerprint density at radius 1 is 1.28 bits per heavy atom. The number of nitro groups is 1. The molecule has 130 valence electrons. The van der Waals surface area contributed by atoms with Crippen LogP contribution in [0.25, 0.3) is 0 Å². The number of likely N-dealkylation sites (tertiary alicyclic amines) is 1. The van der Waals surface area contributed by atoms with Gasteiger partial charge in [-0.15, -0.1) is 0 Å². The standard InChI is InChI=1S/C19H20N2O4/c1-25-16-8-4-7-14(12-16)17-10-5-11-20(17)19(22)13-15-6-2-3-9-18(15)21(23)24/h2-4,6-9,12,17H,5,10-11,13H2,1H3. The third kappa shape index (κ3) is 3.63. The summed E-state index contributed by atoms with van der Waals surface area (Å²) in [6, 6.07) is 14.1. The van der Waals surface area contributed by atoms with E-state index in [9.17, 15) is 14.9 Å². The van der Waals surface area contributed by atoms with Crippen molar-refractivity contribution in [2.24, 2.45) is 0 Å². The zero-order chi connectivity index (χ0) is 17.8. The number of hydrogen-bond donors (Lipinski definition) is 0. The summed E-state index contributed by atoms with van der Waals surface area (Å²) in [5.41, 5.74) is 1.48. The Balaban J connectivity index is 1.80. The highest BCUT2D eigenvalue weighted by atomic mass is 16.6. The van der Waals surface area contributed by atoms with Gasteiger partial charge in [0.25, 0.3) is 5.69 Å². The SMILES string of the molecule is COc1cccc(C2CCCN2C(=O)Cc2ccccc2[N+](=O)[O-])c1. The number of benzene rings is 2. The fourth-order valence-corrected chi connectivity index (χ4v) is 3.36. The minimum atomic E-state index is -0.438. The highest BCUT2D eigenvalue weighted by Crippen LogP contribution is 2.34. The first kappa shape index (κ1) is 17.0. The van der Waals surface area contributed by atoms with Crippen LogP contribution in [0.4, 0.5) is 5.69 Å². The molecule has 0 saturated carbocycles. The van der Waals surface area contributed by atoms with E-state index in [0.717, 1.165) is 24.2 Å². The minimum absolute atomic E-state index is 0.00650. The average Bonchev–Trinajstić information content (AvgIpc) is 3.12. The summed E-state index contributed by atoms with van der Waals surface area (Å²) < 4.78 is 5.27. The summed E-state index contributed by atoms with van der Waals surface area (Å²) in [6.45, 7) is 0.668. The van der Waals surface area contributed by atoms with Crippen molar-refractivity contribution < 1.29 is 14.5 Å². The molecule has 0 spiro atoms. The van der Waals surface area contributed by atoms with Crippen molar-refractivity contribution in [2.45, 2.75) is 25.3 Å². The maximum atomic E-state index is 12.8. The molecule has 1 aliphatic rings. The van der Waals surface area contributed by atoms with Gasteiger partial charge in [-0.05, 0) is 30.5 Å². The highest BCUT2D eigenvalue weighted by molar-refractivity contribution is 5.80. The Morgan fingerprint density at radius 2 is 2.08 bits per heavy atom. The van der Waals surface area contributed by atoms with Crippen LogP contribution in [0, 0.1) is 10.1 Å². The zero-order valence-corrected chi connectivity index (χ0v) is 14.1. The Morgan fingerprint density at radius 3 is 2.84 bits per heavy atom. The van der Waals surface area contributed by atoms with Gasteiger partial charge in [0.05, 0.1) is 24.5 Å². The molecule has 1 aliphatic heterocycles. The number of carbonyl (C=O) groups is 1. The molecule has 3 rings (SSSR count). The first-order valence-electron chi connectivity index (χ1n) is 8.26. The smallest absolute Gasteiger partial charge is 0.273 e. The minimum Gasteiger partial charge on any atom is -0.497 e. The molecule has 1 amide bonds. The third-order valence-corrected chi connectivity index (χ3v) is 4.58. The lowest BCUT2D eigenvalue weighted by Gasteiger charge is -2.25. The van der Waals surface area contributed by atoms with Gasteiger partial charge < -0.3 is 9.64 Å². The van der Waals surface area contributed by atoms with Crippen LogP contribution in [0.2, 0.25) is 0 Å². The molecule has 2 aromatic carbocycles. The topological polar surface area (TPSA) is 72.7 Å². The lowest BCUT2D eigenvalue weighted by Crippen LogP contribution is -2.32.